The smallest absolute Gasteiger partial charge is 0.325 e. The Morgan fingerprint density at radius 3 is 3.00 bits per heavy atom. The average molecular weight is 293 g/mol. The quantitative estimate of drug-likeness (QED) is 0.753. The number of carboxylic acid groups (broad SMARTS) is 1. The molecule has 7 heteroatoms. The van der Waals surface area contributed by atoms with Gasteiger partial charge in [-0.1, -0.05) is 6.92 Å². The first kappa shape index (κ1) is 14.5. The van der Waals surface area contributed by atoms with Gasteiger partial charge >= 0.3 is 5.97 Å². The number of nitrogens with zero attached hydrogens (tertiary/aromatic N) is 4. The highest BCUT2D eigenvalue weighted by molar-refractivity contribution is 5.80. The molecule has 0 radical (unpaired) electrons. The highest BCUT2D eigenvalue weighted by atomic mass is 16.4. The van der Waals surface area contributed by atoms with Crippen molar-refractivity contribution in [1.29, 1.82) is 0 Å². The van der Waals surface area contributed by atoms with Gasteiger partial charge in [0.25, 0.3) is 0 Å². The molecule has 0 amide bonds. The van der Waals surface area contributed by atoms with Crippen LogP contribution in [0.4, 0.5) is 0 Å². The summed E-state index contributed by atoms with van der Waals surface area (Å²) in [6.45, 7) is 5.70. The van der Waals surface area contributed by atoms with Crippen LogP contribution < -0.4 is 5.32 Å². The lowest BCUT2D eigenvalue weighted by atomic mass is 9.91. The molecular formula is C14H23N5O2. The Morgan fingerprint density at radius 1 is 1.52 bits per heavy atom. The van der Waals surface area contributed by atoms with Crippen molar-refractivity contribution in [3.8, 4) is 0 Å². The van der Waals surface area contributed by atoms with E-state index in [4.69, 9.17) is 0 Å². The van der Waals surface area contributed by atoms with Gasteiger partial charge < -0.3 is 15.0 Å². The Kier molecular flexibility index (Phi) is 3.95. The molecule has 1 aromatic rings. The maximum Gasteiger partial charge on any atom is 0.325 e. The van der Waals surface area contributed by atoms with Gasteiger partial charge in [0.2, 0.25) is 0 Å². The first-order chi connectivity index (χ1) is 10.2. The Balaban J connectivity index is 1.74. The molecule has 2 heterocycles. The number of carboxylic acids is 1. The van der Waals surface area contributed by atoms with Gasteiger partial charge in [-0.2, -0.15) is 0 Å². The SMILES string of the molecule is CCCNC(CN1CCn2cnnc2C1)(C(=O)O)C1CC1. The van der Waals surface area contributed by atoms with Gasteiger partial charge in [-0.05, 0) is 31.7 Å². The second-order valence-corrected chi connectivity index (χ2v) is 6.13. The molecule has 1 unspecified atom stereocenters. The van der Waals surface area contributed by atoms with E-state index in [0.29, 0.717) is 13.1 Å². The van der Waals surface area contributed by atoms with Crippen molar-refractivity contribution in [2.45, 2.75) is 44.8 Å². The van der Waals surface area contributed by atoms with E-state index in [-0.39, 0.29) is 5.92 Å². The minimum atomic E-state index is -0.807. The number of rotatable bonds is 7. The fourth-order valence-electron chi connectivity index (χ4n) is 3.18. The average Bonchev–Trinajstić information content (AvgIpc) is 3.22. The maximum absolute atomic E-state index is 12.0. The number of aromatic nitrogens is 3. The molecule has 1 aliphatic carbocycles. The third-order valence-electron chi connectivity index (χ3n) is 4.54. The molecule has 2 aliphatic rings. The minimum absolute atomic E-state index is 0.251. The lowest BCUT2D eigenvalue weighted by Crippen LogP contribution is -2.61. The highest BCUT2D eigenvalue weighted by Crippen LogP contribution is 2.40. The monoisotopic (exact) mass is 293 g/mol. The van der Waals surface area contributed by atoms with Crippen LogP contribution in [0.25, 0.3) is 0 Å². The van der Waals surface area contributed by atoms with E-state index < -0.39 is 11.5 Å². The summed E-state index contributed by atoms with van der Waals surface area (Å²) < 4.78 is 2.04. The molecule has 1 aromatic heterocycles. The van der Waals surface area contributed by atoms with Crippen molar-refractivity contribution in [2.24, 2.45) is 5.92 Å². The van der Waals surface area contributed by atoms with Gasteiger partial charge in [0.15, 0.2) is 0 Å². The predicted molar refractivity (Wildman–Crippen MR) is 76.7 cm³/mol. The van der Waals surface area contributed by atoms with Crippen LogP contribution in [0.2, 0.25) is 0 Å². The lowest BCUT2D eigenvalue weighted by molar-refractivity contribution is -0.147. The van der Waals surface area contributed by atoms with Gasteiger partial charge in [-0.25, -0.2) is 0 Å². The van der Waals surface area contributed by atoms with Crippen molar-refractivity contribution >= 4 is 5.97 Å². The first-order valence-corrected chi connectivity index (χ1v) is 7.73. The van der Waals surface area contributed by atoms with E-state index >= 15 is 0 Å². The predicted octanol–water partition coefficient (Wildman–Crippen LogP) is 0.327. The van der Waals surface area contributed by atoms with Crippen molar-refractivity contribution in [3.05, 3.63) is 12.2 Å². The van der Waals surface area contributed by atoms with E-state index in [2.05, 4.69) is 27.3 Å². The largest absolute Gasteiger partial charge is 0.480 e. The fraction of sp³-hybridized carbons (Fsp3) is 0.786. The van der Waals surface area contributed by atoms with E-state index in [9.17, 15) is 9.90 Å². The minimum Gasteiger partial charge on any atom is -0.480 e. The molecular weight excluding hydrogens is 270 g/mol. The summed E-state index contributed by atoms with van der Waals surface area (Å²) in [4.78, 5) is 14.1. The summed E-state index contributed by atoms with van der Waals surface area (Å²) in [6, 6.07) is 0. The number of nitrogens with one attached hydrogen (secondary N) is 1. The molecule has 2 N–H and O–H groups in total. The van der Waals surface area contributed by atoms with Crippen molar-refractivity contribution < 1.29 is 9.90 Å². The summed E-state index contributed by atoms with van der Waals surface area (Å²) in [6.07, 6.45) is 4.70. The Labute approximate surface area is 124 Å². The molecule has 1 saturated carbocycles. The molecule has 1 aliphatic heterocycles. The van der Waals surface area contributed by atoms with Crippen LogP contribution in [0.5, 0.6) is 0 Å². The zero-order chi connectivity index (χ0) is 14.9. The lowest BCUT2D eigenvalue weighted by Gasteiger charge is -2.37. The van der Waals surface area contributed by atoms with Crippen LogP contribution in [0.1, 0.15) is 32.0 Å². The molecule has 0 aromatic carbocycles. The summed E-state index contributed by atoms with van der Waals surface area (Å²) in [7, 11) is 0. The molecule has 0 spiro atoms. The van der Waals surface area contributed by atoms with Crippen molar-refractivity contribution in [1.82, 2.24) is 25.0 Å². The molecule has 1 fully saturated rings. The number of fused-ring (bicyclic) bond motifs is 1. The third kappa shape index (κ3) is 2.80. The Bertz CT molecular complexity index is 513. The molecule has 21 heavy (non-hydrogen) atoms. The van der Waals surface area contributed by atoms with Gasteiger partial charge in [-0.15, -0.1) is 10.2 Å². The number of hydrogen-bond donors (Lipinski definition) is 2. The summed E-state index contributed by atoms with van der Waals surface area (Å²) in [5.41, 5.74) is -0.807. The van der Waals surface area contributed by atoms with E-state index in [1.54, 1.807) is 6.33 Å². The summed E-state index contributed by atoms with van der Waals surface area (Å²) in [5.74, 6) is 0.457. The zero-order valence-electron chi connectivity index (χ0n) is 12.5. The van der Waals surface area contributed by atoms with Crippen LogP contribution in [-0.2, 0) is 17.9 Å². The van der Waals surface area contributed by atoms with Crippen LogP contribution in [0, 0.1) is 5.92 Å². The molecule has 1 atom stereocenters. The Hall–Kier alpha value is -1.47. The van der Waals surface area contributed by atoms with Gasteiger partial charge in [0.05, 0.1) is 6.54 Å². The summed E-state index contributed by atoms with van der Waals surface area (Å²) in [5, 5.41) is 21.2. The van der Waals surface area contributed by atoms with E-state index in [1.807, 2.05) is 4.57 Å². The van der Waals surface area contributed by atoms with E-state index in [1.165, 1.54) is 0 Å². The number of hydrogen-bond acceptors (Lipinski definition) is 5. The zero-order valence-corrected chi connectivity index (χ0v) is 12.5. The number of carbonyl (C=O) groups is 1. The first-order valence-electron chi connectivity index (χ1n) is 7.73. The second-order valence-electron chi connectivity index (χ2n) is 6.13. The van der Waals surface area contributed by atoms with Crippen molar-refractivity contribution in [3.63, 3.8) is 0 Å². The van der Waals surface area contributed by atoms with E-state index in [0.717, 1.165) is 44.7 Å². The molecule has 0 saturated heterocycles. The highest BCUT2D eigenvalue weighted by Gasteiger charge is 2.51. The van der Waals surface area contributed by atoms with Gasteiger partial charge in [-0.3, -0.25) is 9.69 Å². The molecule has 0 bridgehead atoms. The Morgan fingerprint density at radius 2 is 2.33 bits per heavy atom. The molecule has 116 valence electrons. The van der Waals surface area contributed by atoms with Gasteiger partial charge in [0.1, 0.15) is 17.7 Å². The van der Waals surface area contributed by atoms with Crippen molar-refractivity contribution in [2.75, 3.05) is 19.6 Å². The summed E-state index contributed by atoms with van der Waals surface area (Å²) >= 11 is 0. The second kappa shape index (κ2) is 5.73. The molecule has 7 nitrogen and oxygen atoms in total. The van der Waals surface area contributed by atoms with Crippen LogP contribution in [0.15, 0.2) is 6.33 Å². The van der Waals surface area contributed by atoms with Crippen LogP contribution in [0.3, 0.4) is 0 Å². The van der Waals surface area contributed by atoms with Gasteiger partial charge in [0, 0.05) is 19.6 Å². The third-order valence-corrected chi connectivity index (χ3v) is 4.54. The molecule has 3 rings (SSSR count). The normalized spacial score (nSPS) is 21.8. The number of aliphatic carboxylic acids is 1. The standard InChI is InChI=1S/C14H23N5O2/c1-2-5-15-14(13(20)21,11-3-4-11)9-18-6-7-19-10-16-17-12(19)8-18/h10-11,15H,2-9H2,1H3,(H,20,21). The topological polar surface area (TPSA) is 83.3 Å². The maximum atomic E-state index is 12.0. The fourth-order valence-corrected chi connectivity index (χ4v) is 3.18. The van der Waals surface area contributed by atoms with Crippen LogP contribution in [-0.4, -0.2) is 55.9 Å². The van der Waals surface area contributed by atoms with Crippen LogP contribution >= 0.6 is 0 Å².